The normalized spacial score (nSPS) is 32.4. The molecular formula is C18H18N2O4. The molecule has 0 spiro atoms. The molecule has 0 bridgehead atoms. The largest absolute Gasteiger partial charge is 0.285 e. The van der Waals surface area contributed by atoms with Gasteiger partial charge in [-0.3, -0.25) is 29.0 Å². The first kappa shape index (κ1) is 15.1. The molecule has 2 heterocycles. The Morgan fingerprint density at radius 1 is 0.750 bits per heavy atom. The molecule has 3 fully saturated rings. The van der Waals surface area contributed by atoms with Crippen LogP contribution in [0.25, 0.3) is 0 Å². The van der Waals surface area contributed by atoms with Crippen molar-refractivity contribution in [3.8, 4) is 0 Å². The summed E-state index contributed by atoms with van der Waals surface area (Å²) in [6.45, 7) is 1.94. The minimum Gasteiger partial charge on any atom is -0.285 e. The molecule has 1 aliphatic carbocycles. The Kier molecular flexibility index (Phi) is 3.13. The fourth-order valence-corrected chi connectivity index (χ4v) is 4.29. The van der Waals surface area contributed by atoms with Crippen molar-refractivity contribution in [2.24, 2.45) is 23.7 Å². The highest BCUT2D eigenvalue weighted by Gasteiger charge is 2.59. The zero-order valence-corrected chi connectivity index (χ0v) is 13.6. The van der Waals surface area contributed by atoms with E-state index < -0.39 is 23.7 Å². The maximum absolute atomic E-state index is 12.8. The number of carbonyl (C=O) groups is 4. The van der Waals surface area contributed by atoms with Crippen LogP contribution in [0, 0.1) is 30.6 Å². The Labute approximate surface area is 139 Å². The molecule has 0 radical (unpaired) electrons. The molecule has 6 heteroatoms. The van der Waals surface area contributed by atoms with Crippen molar-refractivity contribution in [3.05, 3.63) is 29.8 Å². The summed E-state index contributed by atoms with van der Waals surface area (Å²) in [6, 6.07) is 7.23. The molecule has 2 saturated heterocycles. The first-order valence-electron chi connectivity index (χ1n) is 8.16. The number of aryl methyl sites for hydroxylation is 1. The standard InChI is InChI=1S/C18H18N2O4/c1-9-3-5-10(6-4-9)20-17(23)13-7-11-12(8-14(13)18(20)24)16(22)19(2)15(11)21/h3-6,11-14H,7-8H2,1-2H3. The smallest absolute Gasteiger partial charge is 0.237 e. The first-order chi connectivity index (χ1) is 11.4. The van der Waals surface area contributed by atoms with E-state index >= 15 is 0 Å². The average molecular weight is 326 g/mol. The van der Waals surface area contributed by atoms with E-state index in [1.165, 1.54) is 11.9 Å². The van der Waals surface area contributed by atoms with Crippen molar-refractivity contribution in [2.45, 2.75) is 19.8 Å². The molecule has 2 aliphatic heterocycles. The molecule has 1 aromatic carbocycles. The number of imide groups is 2. The second-order valence-corrected chi connectivity index (χ2v) is 6.98. The number of fused-ring (bicyclic) bond motifs is 2. The van der Waals surface area contributed by atoms with Gasteiger partial charge in [0, 0.05) is 7.05 Å². The highest BCUT2D eigenvalue weighted by Crippen LogP contribution is 2.48. The molecule has 4 amide bonds. The lowest BCUT2D eigenvalue weighted by atomic mass is 9.70. The summed E-state index contributed by atoms with van der Waals surface area (Å²) < 4.78 is 0. The second kappa shape index (κ2) is 5.00. The van der Waals surface area contributed by atoms with E-state index in [4.69, 9.17) is 0 Å². The fraction of sp³-hybridized carbons (Fsp3) is 0.444. The summed E-state index contributed by atoms with van der Waals surface area (Å²) in [5.41, 5.74) is 1.61. The topological polar surface area (TPSA) is 74.8 Å². The Morgan fingerprint density at radius 2 is 1.17 bits per heavy atom. The maximum Gasteiger partial charge on any atom is 0.237 e. The molecule has 1 aromatic rings. The van der Waals surface area contributed by atoms with E-state index in [0.29, 0.717) is 5.69 Å². The summed E-state index contributed by atoms with van der Waals surface area (Å²) >= 11 is 0. The van der Waals surface area contributed by atoms with Crippen LogP contribution in [-0.2, 0) is 19.2 Å². The molecular weight excluding hydrogens is 308 g/mol. The van der Waals surface area contributed by atoms with E-state index in [2.05, 4.69) is 0 Å². The van der Waals surface area contributed by atoms with Gasteiger partial charge in [-0.1, -0.05) is 17.7 Å². The van der Waals surface area contributed by atoms with Gasteiger partial charge in [0.1, 0.15) is 0 Å². The SMILES string of the molecule is Cc1ccc(N2C(=O)C3CC4C(=O)N(C)C(=O)C4CC3C2=O)cc1. The van der Waals surface area contributed by atoms with Crippen LogP contribution in [-0.4, -0.2) is 35.6 Å². The van der Waals surface area contributed by atoms with Crippen LogP contribution in [0.15, 0.2) is 24.3 Å². The Bertz CT molecular complexity index is 728. The Balaban J connectivity index is 1.66. The van der Waals surface area contributed by atoms with E-state index in [0.717, 1.165) is 10.5 Å². The van der Waals surface area contributed by atoms with Gasteiger partial charge in [0.2, 0.25) is 23.6 Å². The van der Waals surface area contributed by atoms with Crippen LogP contribution in [0.5, 0.6) is 0 Å². The third-order valence-corrected chi connectivity index (χ3v) is 5.65. The van der Waals surface area contributed by atoms with Crippen LogP contribution < -0.4 is 4.90 Å². The lowest BCUT2D eigenvalue weighted by Crippen LogP contribution is -2.35. The number of nitrogens with zero attached hydrogens (tertiary/aromatic N) is 2. The lowest BCUT2D eigenvalue weighted by molar-refractivity contribution is -0.138. The Hall–Kier alpha value is -2.50. The molecule has 1 saturated carbocycles. The summed E-state index contributed by atoms with van der Waals surface area (Å²) in [6.07, 6.45) is 0.578. The summed E-state index contributed by atoms with van der Waals surface area (Å²) in [5, 5.41) is 0. The number of hydrogen-bond donors (Lipinski definition) is 0. The molecule has 124 valence electrons. The monoisotopic (exact) mass is 326 g/mol. The first-order valence-corrected chi connectivity index (χ1v) is 8.16. The molecule has 24 heavy (non-hydrogen) atoms. The third kappa shape index (κ3) is 1.89. The highest BCUT2D eigenvalue weighted by atomic mass is 16.2. The van der Waals surface area contributed by atoms with E-state index in [1.54, 1.807) is 12.1 Å². The van der Waals surface area contributed by atoms with E-state index in [1.807, 2.05) is 19.1 Å². The fourth-order valence-electron chi connectivity index (χ4n) is 4.29. The molecule has 3 aliphatic rings. The molecule has 0 N–H and O–H groups in total. The molecule has 6 nitrogen and oxygen atoms in total. The number of anilines is 1. The van der Waals surface area contributed by atoms with Gasteiger partial charge in [-0.25, -0.2) is 0 Å². The lowest BCUT2D eigenvalue weighted by Gasteiger charge is -2.28. The number of rotatable bonds is 1. The summed E-state index contributed by atoms with van der Waals surface area (Å²) in [4.78, 5) is 52.4. The van der Waals surface area contributed by atoms with Crippen LogP contribution in [0.3, 0.4) is 0 Å². The molecule has 4 rings (SSSR count). The number of carbonyl (C=O) groups excluding carboxylic acids is 4. The van der Waals surface area contributed by atoms with Gasteiger partial charge in [-0.05, 0) is 31.9 Å². The van der Waals surface area contributed by atoms with Crippen molar-refractivity contribution >= 4 is 29.3 Å². The van der Waals surface area contributed by atoms with Crippen molar-refractivity contribution < 1.29 is 19.2 Å². The number of benzene rings is 1. The average Bonchev–Trinajstić information content (AvgIpc) is 2.94. The van der Waals surface area contributed by atoms with Crippen LogP contribution in [0.1, 0.15) is 18.4 Å². The number of hydrogen-bond acceptors (Lipinski definition) is 4. The minimum absolute atomic E-state index is 0.225. The third-order valence-electron chi connectivity index (χ3n) is 5.65. The van der Waals surface area contributed by atoms with Gasteiger partial charge >= 0.3 is 0 Å². The summed E-state index contributed by atoms with van der Waals surface area (Å²) in [5.74, 6) is -2.86. The Morgan fingerprint density at radius 3 is 1.62 bits per heavy atom. The van der Waals surface area contributed by atoms with E-state index in [-0.39, 0.29) is 36.5 Å². The highest BCUT2D eigenvalue weighted by molar-refractivity contribution is 6.22. The van der Waals surface area contributed by atoms with Crippen LogP contribution >= 0.6 is 0 Å². The maximum atomic E-state index is 12.8. The second-order valence-electron chi connectivity index (χ2n) is 6.98. The molecule has 0 aromatic heterocycles. The quantitative estimate of drug-likeness (QED) is 0.725. The summed E-state index contributed by atoms with van der Waals surface area (Å²) in [7, 11) is 1.47. The van der Waals surface area contributed by atoms with Gasteiger partial charge in [-0.15, -0.1) is 0 Å². The van der Waals surface area contributed by atoms with Gasteiger partial charge in [0.05, 0.1) is 29.4 Å². The van der Waals surface area contributed by atoms with Crippen molar-refractivity contribution in [1.82, 2.24) is 4.90 Å². The zero-order chi connectivity index (χ0) is 17.2. The van der Waals surface area contributed by atoms with Crippen molar-refractivity contribution in [2.75, 3.05) is 11.9 Å². The van der Waals surface area contributed by atoms with Crippen LogP contribution in [0.2, 0.25) is 0 Å². The predicted molar refractivity (Wildman–Crippen MR) is 84.6 cm³/mol. The van der Waals surface area contributed by atoms with Crippen molar-refractivity contribution in [1.29, 1.82) is 0 Å². The van der Waals surface area contributed by atoms with Crippen molar-refractivity contribution in [3.63, 3.8) is 0 Å². The molecule has 4 unspecified atom stereocenters. The van der Waals surface area contributed by atoms with Crippen LogP contribution in [0.4, 0.5) is 5.69 Å². The predicted octanol–water partition coefficient (Wildman–Crippen LogP) is 1.13. The number of likely N-dealkylation sites (tertiary alicyclic amines) is 1. The van der Waals surface area contributed by atoms with E-state index in [9.17, 15) is 19.2 Å². The number of amides is 4. The van der Waals surface area contributed by atoms with Gasteiger partial charge in [0.25, 0.3) is 0 Å². The molecule has 4 atom stereocenters. The van der Waals surface area contributed by atoms with Gasteiger partial charge in [0.15, 0.2) is 0 Å². The van der Waals surface area contributed by atoms with Gasteiger partial charge < -0.3 is 0 Å². The zero-order valence-electron chi connectivity index (χ0n) is 13.6. The minimum atomic E-state index is -0.497. The van der Waals surface area contributed by atoms with Gasteiger partial charge in [-0.2, -0.15) is 0 Å².